The molecule has 2 heterocycles. The van der Waals surface area contributed by atoms with Crippen LogP contribution in [-0.2, 0) is 6.54 Å². The standard InChI is InChI=1S/C20H18ClNO3/c21-14-5-3-13(4-6-14)17-12-25-20-15(19(17)24)7-8-18(23)16(20)11-22-9-1-2-10-22/h3-8,12,23H,1-2,9-11H2. The van der Waals surface area contributed by atoms with Crippen LogP contribution in [0.5, 0.6) is 5.75 Å². The van der Waals surface area contributed by atoms with E-state index < -0.39 is 0 Å². The molecule has 0 atom stereocenters. The molecule has 1 N–H and O–H groups in total. The smallest absolute Gasteiger partial charge is 0.200 e. The highest BCUT2D eigenvalue weighted by Gasteiger charge is 2.19. The zero-order valence-electron chi connectivity index (χ0n) is 13.7. The first-order valence-electron chi connectivity index (χ1n) is 8.47. The Morgan fingerprint density at radius 2 is 1.80 bits per heavy atom. The number of quaternary nitrogens is 1. The van der Waals surface area contributed by atoms with E-state index in [1.807, 2.05) is 0 Å². The largest absolute Gasteiger partial charge is 0.872 e. The van der Waals surface area contributed by atoms with Crippen molar-refractivity contribution < 1.29 is 14.4 Å². The molecule has 0 aliphatic carbocycles. The summed E-state index contributed by atoms with van der Waals surface area (Å²) in [5.74, 6) is -0.0608. The van der Waals surface area contributed by atoms with Gasteiger partial charge in [-0.15, -0.1) is 0 Å². The molecule has 5 heteroatoms. The van der Waals surface area contributed by atoms with E-state index in [1.165, 1.54) is 30.1 Å². The average molecular weight is 356 g/mol. The lowest BCUT2D eigenvalue weighted by atomic mass is 10.0. The molecule has 1 aliphatic heterocycles. The van der Waals surface area contributed by atoms with Crippen LogP contribution in [-0.4, -0.2) is 13.1 Å². The Hall–Kier alpha value is -2.30. The maximum atomic E-state index is 12.9. The summed E-state index contributed by atoms with van der Waals surface area (Å²) in [4.78, 5) is 14.3. The number of rotatable bonds is 3. The fraction of sp³-hybridized carbons (Fsp3) is 0.250. The van der Waals surface area contributed by atoms with Gasteiger partial charge in [-0.05, 0) is 23.8 Å². The van der Waals surface area contributed by atoms with E-state index in [-0.39, 0.29) is 11.2 Å². The lowest BCUT2D eigenvalue weighted by Gasteiger charge is -2.19. The number of fused-ring (bicyclic) bond motifs is 1. The van der Waals surface area contributed by atoms with Crippen LogP contribution < -0.4 is 15.4 Å². The maximum Gasteiger partial charge on any atom is 0.200 e. The van der Waals surface area contributed by atoms with E-state index in [2.05, 4.69) is 0 Å². The first-order chi connectivity index (χ1) is 12.1. The van der Waals surface area contributed by atoms with Crippen LogP contribution in [0.3, 0.4) is 0 Å². The molecule has 0 bridgehead atoms. The molecule has 1 aliphatic rings. The summed E-state index contributed by atoms with van der Waals surface area (Å²) < 4.78 is 5.78. The van der Waals surface area contributed by atoms with Gasteiger partial charge in [-0.2, -0.15) is 0 Å². The van der Waals surface area contributed by atoms with Gasteiger partial charge in [0.25, 0.3) is 0 Å². The molecule has 0 saturated carbocycles. The Labute approximate surface area is 150 Å². The van der Waals surface area contributed by atoms with Crippen molar-refractivity contribution in [2.24, 2.45) is 0 Å². The highest BCUT2D eigenvalue weighted by Crippen LogP contribution is 2.26. The van der Waals surface area contributed by atoms with E-state index in [4.69, 9.17) is 16.0 Å². The van der Waals surface area contributed by atoms with Crippen LogP contribution in [0.15, 0.2) is 51.9 Å². The SMILES string of the molecule is O=c1c(-c2ccc(Cl)cc2)coc2c(C[NH+]3CCCC3)c([O-])ccc12. The average Bonchev–Trinajstić information content (AvgIpc) is 3.12. The molecule has 3 aromatic rings. The Bertz CT molecular complexity index is 973. The van der Waals surface area contributed by atoms with Crippen molar-refractivity contribution in [3.05, 3.63) is 63.5 Å². The van der Waals surface area contributed by atoms with Crippen molar-refractivity contribution in [1.82, 2.24) is 0 Å². The number of hydrogen-bond acceptors (Lipinski definition) is 3. The van der Waals surface area contributed by atoms with E-state index in [0.29, 0.717) is 33.7 Å². The molecule has 1 aromatic heterocycles. The third-order valence-electron chi connectivity index (χ3n) is 4.89. The number of halogens is 1. The second kappa shape index (κ2) is 6.54. The molecule has 4 nitrogen and oxygen atoms in total. The van der Waals surface area contributed by atoms with E-state index >= 15 is 0 Å². The van der Waals surface area contributed by atoms with Gasteiger partial charge in [0.1, 0.15) is 18.4 Å². The second-order valence-electron chi connectivity index (χ2n) is 6.54. The summed E-state index contributed by atoms with van der Waals surface area (Å²) in [6, 6.07) is 10.1. The van der Waals surface area contributed by atoms with E-state index in [9.17, 15) is 9.90 Å². The summed E-state index contributed by atoms with van der Waals surface area (Å²) >= 11 is 5.91. The monoisotopic (exact) mass is 355 g/mol. The molecule has 2 aromatic carbocycles. The molecule has 4 rings (SSSR count). The van der Waals surface area contributed by atoms with Crippen molar-refractivity contribution in [2.45, 2.75) is 19.4 Å². The Morgan fingerprint density at radius 3 is 2.52 bits per heavy atom. The second-order valence-corrected chi connectivity index (χ2v) is 6.97. The minimum absolute atomic E-state index is 0.0608. The van der Waals surface area contributed by atoms with Gasteiger partial charge in [0, 0.05) is 23.4 Å². The van der Waals surface area contributed by atoms with Crippen LogP contribution in [0.2, 0.25) is 5.02 Å². The van der Waals surface area contributed by atoms with Gasteiger partial charge in [-0.3, -0.25) is 4.79 Å². The predicted octanol–water partition coefficient (Wildman–Crippen LogP) is 2.37. The molecule has 0 radical (unpaired) electrons. The molecule has 1 fully saturated rings. The van der Waals surface area contributed by atoms with Crippen LogP contribution in [0, 0.1) is 0 Å². The van der Waals surface area contributed by atoms with Crippen LogP contribution in [0.25, 0.3) is 22.1 Å². The molecular weight excluding hydrogens is 338 g/mol. The predicted molar refractivity (Wildman–Crippen MR) is 96.0 cm³/mol. The summed E-state index contributed by atoms with van der Waals surface area (Å²) in [5.41, 5.74) is 2.13. The van der Waals surface area contributed by atoms with Crippen molar-refractivity contribution in [3.63, 3.8) is 0 Å². The number of likely N-dealkylation sites (tertiary alicyclic amines) is 1. The van der Waals surface area contributed by atoms with Crippen LogP contribution in [0.1, 0.15) is 18.4 Å². The van der Waals surface area contributed by atoms with Gasteiger partial charge in [0.05, 0.1) is 24.0 Å². The van der Waals surface area contributed by atoms with Crippen molar-refractivity contribution in [3.8, 4) is 16.9 Å². The van der Waals surface area contributed by atoms with Crippen LogP contribution >= 0.6 is 11.6 Å². The summed E-state index contributed by atoms with van der Waals surface area (Å²) in [6.07, 6.45) is 3.81. The van der Waals surface area contributed by atoms with Crippen molar-refractivity contribution in [1.29, 1.82) is 0 Å². The molecule has 0 amide bonds. The quantitative estimate of drug-likeness (QED) is 0.784. The first kappa shape index (κ1) is 16.2. The van der Waals surface area contributed by atoms with Crippen molar-refractivity contribution >= 4 is 22.6 Å². The van der Waals surface area contributed by atoms with E-state index in [0.717, 1.165) is 18.7 Å². The van der Waals surface area contributed by atoms with Gasteiger partial charge in [-0.1, -0.05) is 35.5 Å². The molecule has 0 unspecified atom stereocenters. The minimum Gasteiger partial charge on any atom is -0.872 e. The molecule has 128 valence electrons. The highest BCUT2D eigenvalue weighted by atomic mass is 35.5. The first-order valence-corrected chi connectivity index (χ1v) is 8.85. The Kier molecular flexibility index (Phi) is 4.24. The number of nitrogens with one attached hydrogen (secondary N) is 1. The molecule has 25 heavy (non-hydrogen) atoms. The summed E-state index contributed by atoms with van der Waals surface area (Å²) in [5, 5.41) is 13.4. The zero-order valence-corrected chi connectivity index (χ0v) is 14.4. The summed E-state index contributed by atoms with van der Waals surface area (Å²) in [6.45, 7) is 2.73. The van der Waals surface area contributed by atoms with Crippen LogP contribution in [0.4, 0.5) is 0 Å². The van der Waals surface area contributed by atoms with Gasteiger partial charge >= 0.3 is 0 Å². The van der Waals surface area contributed by atoms with Gasteiger partial charge in [0.15, 0.2) is 0 Å². The van der Waals surface area contributed by atoms with Crippen molar-refractivity contribution in [2.75, 3.05) is 13.1 Å². The zero-order chi connectivity index (χ0) is 17.4. The summed E-state index contributed by atoms with van der Waals surface area (Å²) in [7, 11) is 0. The number of hydrogen-bond donors (Lipinski definition) is 1. The molecular formula is C20H18ClNO3. The number of benzene rings is 2. The molecule has 0 spiro atoms. The lowest BCUT2D eigenvalue weighted by Crippen LogP contribution is -3.08. The fourth-order valence-corrected chi connectivity index (χ4v) is 3.66. The lowest BCUT2D eigenvalue weighted by molar-refractivity contribution is -0.901. The van der Waals surface area contributed by atoms with Gasteiger partial charge in [0.2, 0.25) is 5.43 Å². The Morgan fingerprint density at radius 1 is 1.08 bits per heavy atom. The highest BCUT2D eigenvalue weighted by molar-refractivity contribution is 6.30. The minimum atomic E-state index is -0.124. The Balaban J connectivity index is 1.83. The van der Waals surface area contributed by atoms with Gasteiger partial charge < -0.3 is 14.4 Å². The molecule has 1 saturated heterocycles. The topological polar surface area (TPSA) is 57.7 Å². The van der Waals surface area contributed by atoms with Gasteiger partial charge in [-0.25, -0.2) is 0 Å². The third kappa shape index (κ3) is 3.03. The van der Waals surface area contributed by atoms with E-state index in [1.54, 1.807) is 30.3 Å². The maximum absolute atomic E-state index is 12.9. The fourth-order valence-electron chi connectivity index (χ4n) is 3.54. The normalized spacial score (nSPS) is 15.1. The third-order valence-corrected chi connectivity index (χ3v) is 5.15.